The van der Waals surface area contributed by atoms with Gasteiger partial charge >= 0.3 is 0 Å². The number of fused-ring (bicyclic) bond motifs is 3. The molecule has 4 nitrogen and oxygen atoms in total. The highest BCUT2D eigenvalue weighted by atomic mass is 16.5. The largest absolute Gasteiger partial charge is 0.381 e. The highest BCUT2D eigenvalue weighted by Crippen LogP contribution is 2.25. The van der Waals surface area contributed by atoms with Gasteiger partial charge in [0.15, 0.2) is 0 Å². The fraction of sp³-hybridized carbons (Fsp3) is 1.00. The Morgan fingerprint density at radius 3 is 2.56 bits per heavy atom. The third-order valence-corrected chi connectivity index (χ3v) is 4.51. The Bertz CT molecular complexity index is 234. The van der Waals surface area contributed by atoms with Gasteiger partial charge in [-0.25, -0.2) is 0 Å². The van der Waals surface area contributed by atoms with Crippen LogP contribution in [0.1, 0.15) is 12.8 Å². The average molecular weight is 225 g/mol. The standard InChI is InChI=1S/C12H23N3O/c13-12(10-2-1-7-16-9-10)11-8-14-3-5-15(11)6-4-14/h10-12H,1-9,13H2. The molecule has 0 aromatic heterocycles. The minimum absolute atomic E-state index is 0.309. The molecule has 4 saturated heterocycles. The van der Waals surface area contributed by atoms with Gasteiger partial charge in [-0.05, 0) is 18.8 Å². The van der Waals surface area contributed by atoms with E-state index in [-0.39, 0.29) is 0 Å². The van der Waals surface area contributed by atoms with Crippen LogP contribution in [0.25, 0.3) is 0 Å². The van der Waals surface area contributed by atoms with Gasteiger partial charge in [-0.2, -0.15) is 0 Å². The highest BCUT2D eigenvalue weighted by Gasteiger charge is 2.38. The van der Waals surface area contributed by atoms with Crippen LogP contribution in [0.5, 0.6) is 0 Å². The molecule has 0 saturated carbocycles. The Morgan fingerprint density at radius 2 is 2.00 bits per heavy atom. The Hall–Kier alpha value is -0.160. The van der Waals surface area contributed by atoms with E-state index in [1.807, 2.05) is 0 Å². The number of hydrogen-bond acceptors (Lipinski definition) is 4. The number of nitrogens with two attached hydrogens (primary N) is 1. The first kappa shape index (κ1) is 11.0. The number of nitrogens with zero attached hydrogens (tertiary/aromatic N) is 2. The highest BCUT2D eigenvalue weighted by molar-refractivity contribution is 4.96. The van der Waals surface area contributed by atoms with Crippen molar-refractivity contribution in [3.63, 3.8) is 0 Å². The zero-order valence-electron chi connectivity index (χ0n) is 9.98. The van der Waals surface area contributed by atoms with Gasteiger partial charge in [-0.1, -0.05) is 0 Å². The minimum atomic E-state index is 0.309. The lowest BCUT2D eigenvalue weighted by Gasteiger charge is -2.51. The Labute approximate surface area is 97.7 Å². The predicted octanol–water partition coefficient (Wildman–Crippen LogP) is -0.260. The molecule has 0 spiro atoms. The molecule has 4 aliphatic heterocycles. The SMILES string of the molecule is NC(C1CCCOC1)C1CN2CCN1CC2. The van der Waals surface area contributed by atoms with Crippen molar-refractivity contribution in [3.8, 4) is 0 Å². The second-order valence-electron chi connectivity index (χ2n) is 5.46. The van der Waals surface area contributed by atoms with Crippen molar-refractivity contribution in [2.75, 3.05) is 45.9 Å². The predicted molar refractivity (Wildman–Crippen MR) is 63.3 cm³/mol. The van der Waals surface area contributed by atoms with Gasteiger partial charge in [0.25, 0.3) is 0 Å². The lowest BCUT2D eigenvalue weighted by molar-refractivity contribution is -0.0273. The number of ether oxygens (including phenoxy) is 1. The Kier molecular flexibility index (Phi) is 3.16. The average Bonchev–Trinajstić information content (AvgIpc) is 2.40. The van der Waals surface area contributed by atoms with Gasteiger partial charge < -0.3 is 10.5 Å². The van der Waals surface area contributed by atoms with Gasteiger partial charge in [0.1, 0.15) is 0 Å². The van der Waals surface area contributed by atoms with E-state index in [1.54, 1.807) is 0 Å². The summed E-state index contributed by atoms with van der Waals surface area (Å²) in [5.74, 6) is 0.583. The van der Waals surface area contributed by atoms with Crippen molar-refractivity contribution in [2.45, 2.75) is 24.9 Å². The Morgan fingerprint density at radius 1 is 1.19 bits per heavy atom. The molecule has 0 radical (unpaired) electrons. The molecule has 0 aromatic carbocycles. The first-order valence-corrected chi connectivity index (χ1v) is 6.64. The van der Waals surface area contributed by atoms with Crippen molar-refractivity contribution in [2.24, 2.45) is 11.7 Å². The number of rotatable bonds is 2. The molecule has 4 heterocycles. The second-order valence-corrected chi connectivity index (χ2v) is 5.46. The fourth-order valence-corrected chi connectivity index (χ4v) is 3.41. The monoisotopic (exact) mass is 225 g/mol. The lowest BCUT2D eigenvalue weighted by Crippen LogP contribution is -2.67. The third-order valence-electron chi connectivity index (χ3n) is 4.51. The first-order chi connectivity index (χ1) is 7.84. The van der Waals surface area contributed by atoms with E-state index in [9.17, 15) is 0 Å². The maximum Gasteiger partial charge on any atom is 0.0509 e. The molecule has 4 heteroatoms. The molecule has 16 heavy (non-hydrogen) atoms. The molecule has 2 N–H and O–H groups in total. The maximum atomic E-state index is 6.46. The minimum Gasteiger partial charge on any atom is -0.381 e. The van der Waals surface area contributed by atoms with Crippen molar-refractivity contribution >= 4 is 0 Å². The number of hydrogen-bond donors (Lipinski definition) is 1. The fourth-order valence-electron chi connectivity index (χ4n) is 3.41. The van der Waals surface area contributed by atoms with Gasteiger partial charge in [0, 0.05) is 51.4 Å². The van der Waals surface area contributed by atoms with Crippen molar-refractivity contribution in [3.05, 3.63) is 0 Å². The van der Waals surface area contributed by atoms with Crippen LogP contribution in [0.2, 0.25) is 0 Å². The van der Waals surface area contributed by atoms with E-state index in [0.29, 0.717) is 18.0 Å². The quantitative estimate of drug-likeness (QED) is 0.703. The van der Waals surface area contributed by atoms with Crippen molar-refractivity contribution < 1.29 is 4.74 Å². The maximum absolute atomic E-state index is 6.46. The molecule has 0 aliphatic carbocycles. The van der Waals surface area contributed by atoms with E-state index in [4.69, 9.17) is 10.5 Å². The molecule has 4 aliphatic rings. The molecule has 4 fully saturated rings. The van der Waals surface area contributed by atoms with Gasteiger partial charge in [-0.3, -0.25) is 9.80 Å². The summed E-state index contributed by atoms with van der Waals surface area (Å²) in [5, 5.41) is 0. The topological polar surface area (TPSA) is 41.7 Å². The van der Waals surface area contributed by atoms with E-state index >= 15 is 0 Å². The van der Waals surface area contributed by atoms with Crippen LogP contribution >= 0.6 is 0 Å². The van der Waals surface area contributed by atoms with E-state index in [0.717, 1.165) is 13.2 Å². The summed E-state index contributed by atoms with van der Waals surface area (Å²) in [7, 11) is 0. The van der Waals surface area contributed by atoms with Crippen LogP contribution < -0.4 is 5.73 Å². The van der Waals surface area contributed by atoms with Gasteiger partial charge in [-0.15, -0.1) is 0 Å². The van der Waals surface area contributed by atoms with Gasteiger partial charge in [0.2, 0.25) is 0 Å². The molecule has 4 rings (SSSR count). The first-order valence-electron chi connectivity index (χ1n) is 6.64. The van der Waals surface area contributed by atoms with Crippen molar-refractivity contribution in [1.82, 2.24) is 9.80 Å². The van der Waals surface area contributed by atoms with Crippen LogP contribution in [0.3, 0.4) is 0 Å². The van der Waals surface area contributed by atoms with Crippen LogP contribution in [-0.4, -0.2) is 67.8 Å². The third kappa shape index (κ3) is 1.99. The summed E-state index contributed by atoms with van der Waals surface area (Å²) in [6, 6.07) is 0.887. The van der Waals surface area contributed by atoms with Crippen LogP contribution in [0.4, 0.5) is 0 Å². The van der Waals surface area contributed by atoms with Gasteiger partial charge in [0.05, 0.1) is 6.61 Å². The molecule has 92 valence electrons. The molecule has 0 aromatic rings. The lowest BCUT2D eigenvalue weighted by atomic mass is 9.86. The molecule has 2 bridgehead atoms. The van der Waals surface area contributed by atoms with Crippen molar-refractivity contribution in [1.29, 1.82) is 0 Å². The zero-order chi connectivity index (χ0) is 11.0. The summed E-state index contributed by atoms with van der Waals surface area (Å²) < 4.78 is 5.56. The summed E-state index contributed by atoms with van der Waals surface area (Å²) in [6.45, 7) is 7.90. The van der Waals surface area contributed by atoms with E-state index in [1.165, 1.54) is 45.6 Å². The number of piperazine rings is 3. The second kappa shape index (κ2) is 4.61. The summed E-state index contributed by atoms with van der Waals surface area (Å²) >= 11 is 0. The zero-order valence-corrected chi connectivity index (χ0v) is 9.98. The summed E-state index contributed by atoms with van der Waals surface area (Å²) in [6.07, 6.45) is 2.44. The van der Waals surface area contributed by atoms with Crippen LogP contribution in [0, 0.1) is 5.92 Å². The summed E-state index contributed by atoms with van der Waals surface area (Å²) in [5.41, 5.74) is 6.46. The smallest absolute Gasteiger partial charge is 0.0509 e. The van der Waals surface area contributed by atoms with E-state index in [2.05, 4.69) is 9.80 Å². The molecule has 3 unspecified atom stereocenters. The molecular weight excluding hydrogens is 202 g/mol. The molecular formula is C12H23N3O. The summed E-state index contributed by atoms with van der Waals surface area (Å²) in [4.78, 5) is 5.16. The van der Waals surface area contributed by atoms with Crippen LogP contribution in [0.15, 0.2) is 0 Å². The van der Waals surface area contributed by atoms with Crippen LogP contribution in [-0.2, 0) is 4.74 Å². The normalized spacial score (nSPS) is 45.6. The molecule has 3 atom stereocenters. The molecule has 0 amide bonds. The van der Waals surface area contributed by atoms with E-state index < -0.39 is 0 Å². The Balaban J connectivity index is 1.63.